The van der Waals surface area contributed by atoms with Crippen LogP contribution in [0.1, 0.15) is 31.2 Å². The van der Waals surface area contributed by atoms with E-state index in [1.807, 2.05) is 54.6 Å². The predicted octanol–water partition coefficient (Wildman–Crippen LogP) is 3.02. The maximum Gasteiger partial charge on any atom is 0.322 e. The van der Waals surface area contributed by atoms with Gasteiger partial charge in [-0.05, 0) is 36.0 Å². The summed E-state index contributed by atoms with van der Waals surface area (Å²) in [5, 5.41) is 21.4. The van der Waals surface area contributed by atoms with Crippen molar-refractivity contribution in [2.45, 2.75) is 37.8 Å². The van der Waals surface area contributed by atoms with Crippen LogP contribution in [-0.4, -0.2) is 45.0 Å². The van der Waals surface area contributed by atoms with Crippen LogP contribution in [0.15, 0.2) is 65.9 Å². The molecule has 2 amide bonds. The van der Waals surface area contributed by atoms with Crippen molar-refractivity contribution in [3.05, 3.63) is 71.5 Å². The van der Waals surface area contributed by atoms with Crippen molar-refractivity contribution in [2.75, 3.05) is 6.54 Å². The number of aliphatic hydroxyl groups is 1. The molecular weight excluding hydrogens is 396 g/mol. The molecule has 3 N–H and O–H groups in total. The molecule has 2 aliphatic rings. The van der Waals surface area contributed by atoms with Gasteiger partial charge >= 0.3 is 5.97 Å². The highest BCUT2D eigenvalue weighted by atomic mass is 16.4. The van der Waals surface area contributed by atoms with Gasteiger partial charge in [0.1, 0.15) is 17.9 Å². The smallest absolute Gasteiger partial charge is 0.322 e. The van der Waals surface area contributed by atoms with Crippen molar-refractivity contribution in [2.24, 2.45) is 0 Å². The van der Waals surface area contributed by atoms with Gasteiger partial charge in [-0.1, -0.05) is 54.6 Å². The number of hydrogen-bond donors (Lipinski definition) is 3. The normalized spacial score (nSPS) is 17.4. The highest BCUT2D eigenvalue weighted by molar-refractivity contribution is 6.19. The van der Waals surface area contributed by atoms with Gasteiger partial charge in [0.2, 0.25) is 0 Å². The summed E-state index contributed by atoms with van der Waals surface area (Å²) < 4.78 is 0. The molecule has 0 bridgehead atoms. The lowest BCUT2D eigenvalue weighted by molar-refractivity contribution is -0.144. The third kappa shape index (κ3) is 4.03. The topological polar surface area (TPSA) is 107 Å². The van der Waals surface area contributed by atoms with Gasteiger partial charge in [0.25, 0.3) is 11.8 Å². The van der Waals surface area contributed by atoms with Crippen LogP contribution in [0, 0.1) is 0 Å². The molecule has 2 aromatic carbocycles. The Bertz CT molecular complexity index is 1040. The first-order chi connectivity index (χ1) is 14.9. The Balaban J connectivity index is 1.57. The minimum atomic E-state index is -1.22. The summed E-state index contributed by atoms with van der Waals surface area (Å²) >= 11 is 0. The number of aliphatic carboxylic acids is 1. The molecule has 7 heteroatoms. The molecular formula is C24H24N2O5. The summed E-state index contributed by atoms with van der Waals surface area (Å²) in [5.41, 5.74) is 2.24. The molecule has 0 aromatic heterocycles. The number of nitrogens with one attached hydrogen (secondary N) is 1. The summed E-state index contributed by atoms with van der Waals surface area (Å²) in [7, 11) is 0. The van der Waals surface area contributed by atoms with E-state index in [4.69, 9.17) is 5.11 Å². The molecule has 4 rings (SSSR count). The number of carbonyl (C=O) groups excluding carboxylic acids is 2. The maximum atomic E-state index is 13.2. The van der Waals surface area contributed by atoms with E-state index < -0.39 is 29.9 Å². The summed E-state index contributed by atoms with van der Waals surface area (Å²) in [6, 6.07) is 17.9. The fraction of sp³-hybridized carbons (Fsp3) is 0.292. The number of amides is 2. The Labute approximate surface area is 180 Å². The van der Waals surface area contributed by atoms with E-state index in [1.54, 1.807) is 4.90 Å². The second kappa shape index (κ2) is 8.26. The molecule has 1 heterocycles. The zero-order chi connectivity index (χ0) is 22.0. The molecule has 31 heavy (non-hydrogen) atoms. The van der Waals surface area contributed by atoms with E-state index in [0.717, 1.165) is 36.0 Å². The molecule has 1 saturated carbocycles. The van der Waals surface area contributed by atoms with Gasteiger partial charge in [-0.25, -0.2) is 0 Å². The molecule has 7 nitrogen and oxygen atoms in total. The number of rotatable bonds is 6. The van der Waals surface area contributed by atoms with Crippen LogP contribution in [0.3, 0.4) is 0 Å². The van der Waals surface area contributed by atoms with Crippen LogP contribution in [0.5, 0.6) is 0 Å². The summed E-state index contributed by atoms with van der Waals surface area (Å²) in [4.78, 5) is 38.0. The Kier molecular flexibility index (Phi) is 5.50. The largest absolute Gasteiger partial charge is 0.511 e. The summed E-state index contributed by atoms with van der Waals surface area (Å²) in [6.07, 6.45) is 2.67. The van der Waals surface area contributed by atoms with Crippen LogP contribution in [-0.2, 0) is 20.9 Å². The first kappa shape index (κ1) is 20.7. The average molecular weight is 420 g/mol. The van der Waals surface area contributed by atoms with Crippen LogP contribution >= 0.6 is 0 Å². The highest BCUT2D eigenvalue weighted by Gasteiger charge is 2.51. The molecule has 0 radical (unpaired) electrons. The molecule has 1 aliphatic heterocycles. The SMILES string of the molecule is O=C(O)CNC(=O)C1=C(O)CC2(CCC2)N(Cc2ccc(-c3ccccc3)cc2)C1=O. The standard InChI is InChI=1S/C24H24N2O5/c27-19-13-24(11-4-12-24)26(23(31)21(19)22(30)25-14-20(28)29)15-16-7-9-18(10-8-16)17-5-2-1-3-6-17/h1-3,5-10,27H,4,11-15H2,(H,25,30)(H,28,29). The number of aliphatic hydroxyl groups excluding tert-OH is 1. The number of benzene rings is 2. The quantitative estimate of drug-likeness (QED) is 0.623. The van der Waals surface area contributed by atoms with E-state index in [2.05, 4.69) is 5.32 Å². The van der Waals surface area contributed by atoms with E-state index in [0.29, 0.717) is 6.54 Å². The fourth-order valence-corrected chi connectivity index (χ4v) is 4.33. The van der Waals surface area contributed by atoms with Gasteiger partial charge in [-0.3, -0.25) is 14.4 Å². The predicted molar refractivity (Wildman–Crippen MR) is 114 cm³/mol. The highest BCUT2D eigenvalue weighted by Crippen LogP contribution is 2.46. The van der Waals surface area contributed by atoms with Gasteiger partial charge in [-0.2, -0.15) is 0 Å². The van der Waals surface area contributed by atoms with Gasteiger partial charge in [0.15, 0.2) is 0 Å². The van der Waals surface area contributed by atoms with Crippen molar-refractivity contribution in [1.82, 2.24) is 10.2 Å². The number of carboxylic acid groups (broad SMARTS) is 1. The molecule has 1 spiro atoms. The Morgan fingerprint density at radius 1 is 1.00 bits per heavy atom. The summed E-state index contributed by atoms with van der Waals surface area (Å²) in [6.45, 7) is -0.300. The first-order valence-corrected chi connectivity index (χ1v) is 10.3. The van der Waals surface area contributed by atoms with Crippen LogP contribution in [0.25, 0.3) is 11.1 Å². The minimum absolute atomic E-state index is 0.205. The second-order valence-electron chi connectivity index (χ2n) is 8.11. The monoisotopic (exact) mass is 420 g/mol. The van der Waals surface area contributed by atoms with Gasteiger partial charge < -0.3 is 20.4 Å². The van der Waals surface area contributed by atoms with Crippen molar-refractivity contribution >= 4 is 17.8 Å². The van der Waals surface area contributed by atoms with Crippen LogP contribution < -0.4 is 5.32 Å². The molecule has 0 unspecified atom stereocenters. The molecule has 1 fully saturated rings. The molecule has 160 valence electrons. The lowest BCUT2D eigenvalue weighted by Gasteiger charge is -2.52. The Morgan fingerprint density at radius 3 is 2.23 bits per heavy atom. The van der Waals surface area contributed by atoms with Crippen LogP contribution in [0.2, 0.25) is 0 Å². The van der Waals surface area contributed by atoms with E-state index in [9.17, 15) is 19.5 Å². The van der Waals surface area contributed by atoms with Gasteiger partial charge in [0, 0.05) is 13.0 Å². The minimum Gasteiger partial charge on any atom is -0.511 e. The summed E-state index contributed by atoms with van der Waals surface area (Å²) in [5.74, 6) is -2.90. The number of hydrogen-bond acceptors (Lipinski definition) is 4. The van der Waals surface area contributed by atoms with Gasteiger partial charge in [0.05, 0.1) is 5.54 Å². The first-order valence-electron chi connectivity index (χ1n) is 10.3. The van der Waals surface area contributed by atoms with Crippen molar-refractivity contribution < 1.29 is 24.6 Å². The zero-order valence-corrected chi connectivity index (χ0v) is 17.0. The molecule has 1 aliphatic carbocycles. The third-order valence-corrected chi connectivity index (χ3v) is 6.13. The molecule has 0 saturated heterocycles. The Morgan fingerprint density at radius 2 is 1.65 bits per heavy atom. The zero-order valence-electron chi connectivity index (χ0n) is 17.0. The van der Waals surface area contributed by atoms with E-state index >= 15 is 0 Å². The van der Waals surface area contributed by atoms with Crippen LogP contribution in [0.4, 0.5) is 0 Å². The Hall–Kier alpha value is -3.61. The lowest BCUT2D eigenvalue weighted by atomic mass is 9.70. The lowest BCUT2D eigenvalue weighted by Crippen LogP contribution is -2.60. The number of carbonyl (C=O) groups is 3. The van der Waals surface area contributed by atoms with Crippen molar-refractivity contribution in [3.63, 3.8) is 0 Å². The molecule has 2 aromatic rings. The number of carboxylic acids is 1. The second-order valence-corrected chi connectivity index (χ2v) is 8.11. The van der Waals surface area contributed by atoms with Crippen molar-refractivity contribution in [3.8, 4) is 11.1 Å². The van der Waals surface area contributed by atoms with E-state index in [-0.39, 0.29) is 17.8 Å². The average Bonchev–Trinajstić information content (AvgIpc) is 2.74. The molecule has 0 atom stereocenters. The fourth-order valence-electron chi connectivity index (χ4n) is 4.33. The van der Waals surface area contributed by atoms with Crippen molar-refractivity contribution in [1.29, 1.82) is 0 Å². The maximum absolute atomic E-state index is 13.2. The van der Waals surface area contributed by atoms with Gasteiger partial charge in [-0.15, -0.1) is 0 Å². The van der Waals surface area contributed by atoms with E-state index in [1.165, 1.54) is 0 Å². The number of nitrogens with zero attached hydrogens (tertiary/aromatic N) is 1. The third-order valence-electron chi connectivity index (χ3n) is 6.13.